The number of sulfonamides is 1. The summed E-state index contributed by atoms with van der Waals surface area (Å²) in [6, 6.07) is 11.5. The molecule has 2 aliphatic rings. The van der Waals surface area contributed by atoms with E-state index in [0.29, 0.717) is 0 Å². The molecule has 1 saturated carbocycles. The van der Waals surface area contributed by atoms with E-state index in [-0.39, 0.29) is 36.3 Å². The van der Waals surface area contributed by atoms with Crippen molar-refractivity contribution in [1.29, 1.82) is 5.26 Å². The van der Waals surface area contributed by atoms with E-state index >= 15 is 0 Å². The van der Waals surface area contributed by atoms with Gasteiger partial charge in [-0.2, -0.15) is 22.7 Å². The minimum absolute atomic E-state index is 0.0131. The van der Waals surface area contributed by atoms with Gasteiger partial charge >= 0.3 is 6.18 Å². The Morgan fingerprint density at radius 3 is 2.39 bits per heavy atom. The maximum Gasteiger partial charge on any atom is 0.417 e. The summed E-state index contributed by atoms with van der Waals surface area (Å²) >= 11 is 0. The molecule has 0 bridgehead atoms. The van der Waals surface area contributed by atoms with Crippen LogP contribution in [-0.4, -0.2) is 50.3 Å². The number of nitriles is 1. The van der Waals surface area contributed by atoms with E-state index in [1.54, 1.807) is 29.2 Å². The van der Waals surface area contributed by atoms with E-state index in [2.05, 4.69) is 5.32 Å². The van der Waals surface area contributed by atoms with Crippen LogP contribution in [0.3, 0.4) is 0 Å². The standard InChI is InChI=1S/C22H21F3N4O3S/c23-22(24,25)19-12-17(9-6-15(19)13-26)28-10-11-29(20(14-28)21(30)27-16-7-8-16)33(31,32)18-4-2-1-3-5-18/h1-6,9,12,16,20H,7-8,10-11,14H2,(H,27,30). The van der Waals surface area contributed by atoms with E-state index in [9.17, 15) is 26.4 Å². The molecule has 2 aromatic carbocycles. The number of hydrogen-bond acceptors (Lipinski definition) is 5. The fourth-order valence-corrected chi connectivity index (χ4v) is 5.41. The summed E-state index contributed by atoms with van der Waals surface area (Å²) in [6.07, 6.45) is -3.11. The second-order valence-corrected chi connectivity index (χ2v) is 9.90. The molecule has 0 radical (unpaired) electrons. The number of piperazine rings is 1. The molecule has 174 valence electrons. The first-order chi connectivity index (χ1) is 15.6. The zero-order valence-electron chi connectivity index (χ0n) is 17.4. The highest BCUT2D eigenvalue weighted by Crippen LogP contribution is 2.35. The average Bonchev–Trinajstić information content (AvgIpc) is 3.62. The van der Waals surface area contributed by atoms with Crippen molar-refractivity contribution in [2.24, 2.45) is 0 Å². The Bertz CT molecular complexity index is 1190. The summed E-state index contributed by atoms with van der Waals surface area (Å²) in [5.74, 6) is -0.480. The van der Waals surface area contributed by atoms with Crippen LogP contribution in [0.4, 0.5) is 18.9 Å². The van der Waals surface area contributed by atoms with Crippen LogP contribution in [0.2, 0.25) is 0 Å². The predicted octanol–water partition coefficient (Wildman–Crippen LogP) is 2.74. The Kier molecular flexibility index (Phi) is 6.07. The normalized spacial score (nSPS) is 19.7. The second-order valence-electron chi connectivity index (χ2n) is 8.01. The number of nitrogens with zero attached hydrogens (tertiary/aromatic N) is 3. The molecule has 0 aromatic heterocycles. The fraction of sp³-hybridized carbons (Fsp3) is 0.364. The lowest BCUT2D eigenvalue weighted by molar-refractivity contribution is -0.137. The van der Waals surface area contributed by atoms with Gasteiger partial charge in [-0.3, -0.25) is 4.79 Å². The van der Waals surface area contributed by atoms with Crippen molar-refractivity contribution in [2.45, 2.75) is 36.0 Å². The number of alkyl halides is 3. The lowest BCUT2D eigenvalue weighted by atomic mass is 10.1. The Labute approximate surface area is 189 Å². The molecule has 1 aliphatic heterocycles. The lowest BCUT2D eigenvalue weighted by Gasteiger charge is -2.40. The van der Waals surface area contributed by atoms with Gasteiger partial charge in [0.15, 0.2) is 0 Å². The third-order valence-corrected chi connectivity index (χ3v) is 7.62. The van der Waals surface area contributed by atoms with Gasteiger partial charge in [-0.25, -0.2) is 8.42 Å². The van der Waals surface area contributed by atoms with Crippen molar-refractivity contribution < 1.29 is 26.4 Å². The van der Waals surface area contributed by atoms with Gasteiger partial charge < -0.3 is 10.2 Å². The number of rotatable bonds is 5. The highest BCUT2D eigenvalue weighted by molar-refractivity contribution is 7.89. The van der Waals surface area contributed by atoms with E-state index in [4.69, 9.17) is 5.26 Å². The number of hydrogen-bond donors (Lipinski definition) is 1. The van der Waals surface area contributed by atoms with Crippen molar-refractivity contribution in [3.05, 3.63) is 59.7 Å². The summed E-state index contributed by atoms with van der Waals surface area (Å²) in [5.41, 5.74) is -1.40. The Morgan fingerprint density at radius 2 is 1.79 bits per heavy atom. The van der Waals surface area contributed by atoms with Gasteiger partial charge in [0, 0.05) is 31.4 Å². The van der Waals surface area contributed by atoms with Crippen LogP contribution in [0, 0.1) is 11.3 Å². The zero-order chi connectivity index (χ0) is 23.8. The molecule has 7 nitrogen and oxygen atoms in total. The fourth-order valence-electron chi connectivity index (χ4n) is 3.82. The summed E-state index contributed by atoms with van der Waals surface area (Å²) < 4.78 is 67.9. The molecule has 33 heavy (non-hydrogen) atoms. The van der Waals surface area contributed by atoms with Gasteiger partial charge in [-0.15, -0.1) is 0 Å². The maximum absolute atomic E-state index is 13.4. The Morgan fingerprint density at radius 1 is 1.09 bits per heavy atom. The SMILES string of the molecule is N#Cc1ccc(N2CCN(S(=O)(=O)c3ccccc3)C(C(=O)NC3CC3)C2)cc1C(F)(F)F. The van der Waals surface area contributed by atoms with E-state index in [1.165, 1.54) is 18.2 Å². The van der Waals surface area contributed by atoms with Crippen molar-refractivity contribution in [2.75, 3.05) is 24.5 Å². The zero-order valence-corrected chi connectivity index (χ0v) is 18.2. The van der Waals surface area contributed by atoms with E-state index < -0.39 is 39.3 Å². The number of anilines is 1. The van der Waals surface area contributed by atoms with Crippen molar-refractivity contribution in [3.8, 4) is 6.07 Å². The van der Waals surface area contributed by atoms with Crippen LogP contribution in [0.1, 0.15) is 24.0 Å². The van der Waals surface area contributed by atoms with Crippen LogP contribution < -0.4 is 10.2 Å². The van der Waals surface area contributed by atoms with Gasteiger partial charge in [0.1, 0.15) is 6.04 Å². The largest absolute Gasteiger partial charge is 0.417 e. The average molecular weight is 478 g/mol. The number of halogens is 3. The second kappa shape index (κ2) is 8.68. The number of amides is 1. The first-order valence-electron chi connectivity index (χ1n) is 10.3. The molecule has 1 unspecified atom stereocenters. The molecule has 1 amide bonds. The number of benzene rings is 2. The first-order valence-corrected chi connectivity index (χ1v) is 11.8. The molecule has 1 saturated heterocycles. The van der Waals surface area contributed by atoms with Gasteiger partial charge in [0.05, 0.1) is 22.1 Å². The van der Waals surface area contributed by atoms with Crippen LogP contribution >= 0.6 is 0 Å². The van der Waals surface area contributed by atoms with Crippen molar-refractivity contribution >= 4 is 21.6 Å². The molecule has 1 heterocycles. The molecule has 1 N–H and O–H groups in total. The molecule has 0 spiro atoms. The summed E-state index contributed by atoms with van der Waals surface area (Å²) in [4.78, 5) is 14.6. The summed E-state index contributed by atoms with van der Waals surface area (Å²) in [5, 5.41) is 11.8. The van der Waals surface area contributed by atoms with Crippen molar-refractivity contribution in [1.82, 2.24) is 9.62 Å². The van der Waals surface area contributed by atoms with Gasteiger partial charge in [0.25, 0.3) is 0 Å². The van der Waals surface area contributed by atoms with Gasteiger partial charge in [0.2, 0.25) is 15.9 Å². The first kappa shape index (κ1) is 23.1. The van der Waals surface area contributed by atoms with Crippen LogP contribution in [-0.2, 0) is 21.0 Å². The van der Waals surface area contributed by atoms with Crippen LogP contribution in [0.25, 0.3) is 0 Å². The third-order valence-electron chi connectivity index (χ3n) is 5.70. The lowest BCUT2D eigenvalue weighted by Crippen LogP contribution is -2.60. The number of carbonyl (C=O) groups excluding carboxylic acids is 1. The molecular formula is C22H21F3N4O3S. The van der Waals surface area contributed by atoms with Gasteiger partial charge in [-0.05, 0) is 43.2 Å². The van der Waals surface area contributed by atoms with E-state index in [0.717, 1.165) is 29.3 Å². The molecule has 11 heteroatoms. The molecule has 1 aliphatic carbocycles. The number of nitrogens with one attached hydrogen (secondary N) is 1. The third kappa shape index (κ3) is 4.82. The smallest absolute Gasteiger partial charge is 0.368 e. The highest BCUT2D eigenvalue weighted by atomic mass is 32.2. The topological polar surface area (TPSA) is 93.5 Å². The summed E-state index contributed by atoms with van der Waals surface area (Å²) in [7, 11) is -4.00. The van der Waals surface area contributed by atoms with Crippen LogP contribution in [0.5, 0.6) is 0 Å². The predicted molar refractivity (Wildman–Crippen MR) is 114 cm³/mol. The molecule has 4 rings (SSSR count). The Balaban J connectivity index is 1.66. The van der Waals surface area contributed by atoms with E-state index in [1.807, 2.05) is 0 Å². The quantitative estimate of drug-likeness (QED) is 0.714. The minimum Gasteiger partial charge on any atom is -0.368 e. The van der Waals surface area contributed by atoms with Gasteiger partial charge in [-0.1, -0.05) is 18.2 Å². The minimum atomic E-state index is -4.72. The number of carbonyl (C=O) groups is 1. The van der Waals surface area contributed by atoms with Crippen molar-refractivity contribution in [3.63, 3.8) is 0 Å². The molecular weight excluding hydrogens is 457 g/mol. The monoisotopic (exact) mass is 478 g/mol. The molecule has 2 aromatic rings. The highest BCUT2D eigenvalue weighted by Gasteiger charge is 2.42. The molecule has 2 fully saturated rings. The maximum atomic E-state index is 13.4. The molecule has 1 atom stereocenters. The summed E-state index contributed by atoms with van der Waals surface area (Å²) in [6.45, 7) is -0.113. The van der Waals surface area contributed by atoms with Crippen LogP contribution in [0.15, 0.2) is 53.4 Å². The Hall–Kier alpha value is -3.10.